The van der Waals surface area contributed by atoms with E-state index in [1.807, 2.05) is 0 Å². The highest BCUT2D eigenvalue weighted by Crippen LogP contribution is 2.68. The van der Waals surface area contributed by atoms with Gasteiger partial charge in [-0.15, -0.1) is 0 Å². The van der Waals surface area contributed by atoms with Gasteiger partial charge in [-0.1, -0.05) is 32.8 Å². The zero-order valence-corrected chi connectivity index (χ0v) is 16.8. The van der Waals surface area contributed by atoms with Gasteiger partial charge in [0.2, 0.25) is 0 Å². The Balaban J connectivity index is 1.68. The van der Waals surface area contributed by atoms with Crippen LogP contribution in [-0.4, -0.2) is 11.9 Å². The van der Waals surface area contributed by atoms with Crippen molar-refractivity contribution in [2.75, 3.05) is 0 Å². The van der Waals surface area contributed by atoms with Gasteiger partial charge in [0, 0.05) is 22.6 Å². The van der Waals surface area contributed by atoms with Crippen molar-refractivity contribution in [3.63, 3.8) is 0 Å². The van der Waals surface area contributed by atoms with Gasteiger partial charge in [-0.05, 0) is 62.5 Å². The van der Waals surface area contributed by atoms with Gasteiger partial charge in [0.15, 0.2) is 0 Å². The van der Waals surface area contributed by atoms with Crippen LogP contribution in [0.25, 0.3) is 0 Å². The molecule has 2 bridgehead atoms. The molecule has 28 heavy (non-hydrogen) atoms. The topological polar surface area (TPSA) is 52.6 Å². The first-order valence-electron chi connectivity index (χ1n) is 10.9. The normalized spacial score (nSPS) is 38.4. The number of esters is 2. The van der Waals surface area contributed by atoms with Crippen molar-refractivity contribution in [3.05, 3.63) is 46.5 Å². The van der Waals surface area contributed by atoms with Gasteiger partial charge in [0.25, 0.3) is 0 Å². The number of hydrogen-bond acceptors (Lipinski definition) is 4. The molecule has 0 N–H and O–H groups in total. The van der Waals surface area contributed by atoms with Gasteiger partial charge in [-0.2, -0.15) is 0 Å². The van der Waals surface area contributed by atoms with Gasteiger partial charge < -0.3 is 9.47 Å². The van der Waals surface area contributed by atoms with Crippen molar-refractivity contribution in [1.29, 1.82) is 0 Å². The Bertz CT molecular complexity index is 871. The minimum Gasteiger partial charge on any atom is -0.427 e. The predicted octanol–water partition coefficient (Wildman–Crippen LogP) is 5.13. The van der Waals surface area contributed by atoms with Crippen molar-refractivity contribution in [2.45, 2.75) is 65.2 Å². The second-order valence-corrected chi connectivity index (χ2v) is 8.82. The number of cyclic esters (lactones) is 2. The number of ether oxygens (including phenoxy) is 2. The molecule has 4 atom stereocenters. The summed E-state index contributed by atoms with van der Waals surface area (Å²) in [5.74, 6) is 1.96. The van der Waals surface area contributed by atoms with Gasteiger partial charge in [0.05, 0.1) is 5.41 Å². The van der Waals surface area contributed by atoms with Crippen molar-refractivity contribution in [2.24, 2.45) is 23.2 Å². The summed E-state index contributed by atoms with van der Waals surface area (Å²) in [5.41, 5.74) is 2.29. The Morgan fingerprint density at radius 2 is 1.86 bits per heavy atom. The van der Waals surface area contributed by atoms with E-state index >= 15 is 0 Å². The van der Waals surface area contributed by atoms with E-state index in [1.165, 1.54) is 0 Å². The fraction of sp³-hybridized carbons (Fsp3) is 0.583. The van der Waals surface area contributed by atoms with Gasteiger partial charge in [0.1, 0.15) is 11.5 Å². The van der Waals surface area contributed by atoms with Crippen molar-refractivity contribution in [3.8, 4) is 0 Å². The lowest BCUT2D eigenvalue weighted by molar-refractivity contribution is -0.135. The van der Waals surface area contributed by atoms with E-state index in [4.69, 9.17) is 9.47 Å². The lowest BCUT2D eigenvalue weighted by Crippen LogP contribution is -2.50. The number of carbonyl (C=O) groups excluding carboxylic acids is 2. The molecule has 2 fully saturated rings. The molecular weight excluding hydrogens is 352 g/mol. The molecule has 2 heterocycles. The van der Waals surface area contributed by atoms with Crippen LogP contribution in [0.3, 0.4) is 0 Å². The Morgan fingerprint density at radius 1 is 1.07 bits per heavy atom. The maximum absolute atomic E-state index is 13.0. The van der Waals surface area contributed by atoms with Crippen LogP contribution in [0.1, 0.15) is 65.2 Å². The lowest BCUT2D eigenvalue weighted by atomic mass is 9.47. The van der Waals surface area contributed by atoms with E-state index in [0.29, 0.717) is 11.8 Å². The number of unbranched alkanes of at least 4 members (excludes halogenated alkanes) is 2. The number of hydrogen-bond donors (Lipinski definition) is 0. The molecule has 4 nitrogen and oxygen atoms in total. The summed E-state index contributed by atoms with van der Waals surface area (Å²) in [6.07, 6.45) is 14.1. The number of carbonyl (C=O) groups is 2. The molecule has 1 saturated heterocycles. The van der Waals surface area contributed by atoms with Gasteiger partial charge in [-0.3, -0.25) is 0 Å². The minimum absolute atomic E-state index is 0.0181. The lowest BCUT2D eigenvalue weighted by Gasteiger charge is -2.54. The molecule has 0 amide bonds. The minimum atomic E-state index is -0.452. The average Bonchev–Trinajstić information content (AvgIpc) is 3.19. The predicted molar refractivity (Wildman–Crippen MR) is 105 cm³/mol. The fourth-order valence-electron chi connectivity index (χ4n) is 6.29. The zero-order valence-electron chi connectivity index (χ0n) is 16.8. The van der Waals surface area contributed by atoms with Gasteiger partial charge >= 0.3 is 11.9 Å². The molecule has 0 radical (unpaired) electrons. The summed E-state index contributed by atoms with van der Waals surface area (Å²) in [5, 5.41) is 0. The van der Waals surface area contributed by atoms with Crippen LogP contribution in [0.2, 0.25) is 0 Å². The summed E-state index contributed by atoms with van der Waals surface area (Å²) in [4.78, 5) is 25.8. The highest BCUT2D eigenvalue weighted by atomic mass is 16.5. The molecular formula is C24H28O4. The first-order valence-corrected chi connectivity index (χ1v) is 10.9. The third-order valence-corrected chi connectivity index (χ3v) is 7.43. The Labute approximate surface area is 166 Å². The molecule has 148 valence electrons. The van der Waals surface area contributed by atoms with Crippen LogP contribution in [0, 0.1) is 23.2 Å². The average molecular weight is 380 g/mol. The van der Waals surface area contributed by atoms with E-state index < -0.39 is 5.41 Å². The van der Waals surface area contributed by atoms with Crippen molar-refractivity contribution in [1.82, 2.24) is 0 Å². The maximum atomic E-state index is 13.0. The van der Waals surface area contributed by atoms with E-state index in [1.54, 1.807) is 0 Å². The van der Waals surface area contributed by atoms with E-state index in [2.05, 4.69) is 32.1 Å². The molecule has 6 aliphatic rings. The summed E-state index contributed by atoms with van der Waals surface area (Å²) >= 11 is 0. The maximum Gasteiger partial charge on any atom is 0.340 e. The number of rotatable bonds is 4. The van der Waals surface area contributed by atoms with Crippen molar-refractivity contribution >= 4 is 11.9 Å². The summed E-state index contributed by atoms with van der Waals surface area (Å²) in [6, 6.07) is 0. The number of fused-ring (bicyclic) bond motifs is 1. The molecule has 4 aliphatic carbocycles. The Morgan fingerprint density at radius 3 is 2.64 bits per heavy atom. The molecule has 2 aliphatic heterocycles. The van der Waals surface area contributed by atoms with Crippen LogP contribution in [0.5, 0.6) is 0 Å². The van der Waals surface area contributed by atoms with Crippen LogP contribution in [0.15, 0.2) is 46.5 Å². The van der Waals surface area contributed by atoms with E-state index in [-0.39, 0.29) is 17.9 Å². The largest absolute Gasteiger partial charge is 0.427 e. The van der Waals surface area contributed by atoms with Crippen LogP contribution in [-0.2, 0) is 19.1 Å². The standard InChI is InChI=1S/C24H28O4/c1-3-5-7-18-16-10-9-15-14-11-12-24(21(15)20(16)23(26)27-18)17(13-14)22(25)28-19(24)8-6-4-2/h7-8,13-15,21H,3-6,9-12H2,1-2H3/b18-7+,19-8?/t14-,15+,21?,24+/m1/s1. The summed E-state index contributed by atoms with van der Waals surface area (Å²) < 4.78 is 11.6. The zero-order chi connectivity index (χ0) is 19.5. The van der Waals surface area contributed by atoms with Crippen molar-refractivity contribution < 1.29 is 19.1 Å². The molecule has 0 aromatic rings. The molecule has 1 spiro atoms. The second kappa shape index (κ2) is 6.47. The molecule has 1 unspecified atom stereocenters. The Hall–Kier alpha value is -2.10. The third kappa shape index (κ3) is 2.23. The summed E-state index contributed by atoms with van der Waals surface area (Å²) in [7, 11) is 0. The molecule has 4 heteroatoms. The number of allylic oxidation sites excluding steroid dienone is 5. The first kappa shape index (κ1) is 18.0. The van der Waals surface area contributed by atoms with Crippen LogP contribution in [0.4, 0.5) is 0 Å². The first-order chi connectivity index (χ1) is 13.6. The van der Waals surface area contributed by atoms with E-state index in [0.717, 1.165) is 79.6 Å². The monoisotopic (exact) mass is 380 g/mol. The smallest absolute Gasteiger partial charge is 0.340 e. The highest BCUT2D eigenvalue weighted by molar-refractivity contribution is 5.99. The van der Waals surface area contributed by atoms with Gasteiger partial charge in [-0.25, -0.2) is 9.59 Å². The quantitative estimate of drug-likeness (QED) is 0.635. The SMILES string of the molecule is CCCC=C1OC(=O)C2=C[C@H]3CC[C@@]12C1C2=C(CC[C@H]13)/C(=C\CCC)OC2=O. The molecule has 6 rings (SSSR count). The molecule has 0 aromatic heterocycles. The van der Waals surface area contributed by atoms with E-state index in [9.17, 15) is 9.59 Å². The second-order valence-electron chi connectivity index (χ2n) is 8.82. The molecule has 1 saturated carbocycles. The highest BCUT2D eigenvalue weighted by Gasteiger charge is 2.66. The van der Waals surface area contributed by atoms with Crippen LogP contribution >= 0.6 is 0 Å². The third-order valence-electron chi connectivity index (χ3n) is 7.43. The fourth-order valence-corrected chi connectivity index (χ4v) is 6.29. The van der Waals surface area contributed by atoms with Crippen LogP contribution < -0.4 is 0 Å². The molecule has 0 aromatic carbocycles. The summed E-state index contributed by atoms with van der Waals surface area (Å²) in [6.45, 7) is 4.26. The Kier molecular flexibility index (Phi) is 4.15.